The van der Waals surface area contributed by atoms with Crippen LogP contribution < -0.4 is 5.32 Å². The lowest BCUT2D eigenvalue weighted by molar-refractivity contribution is -0.384. The van der Waals surface area contributed by atoms with Crippen molar-refractivity contribution in [3.8, 4) is 11.4 Å². The highest BCUT2D eigenvalue weighted by atomic mass is 16.6. The van der Waals surface area contributed by atoms with Gasteiger partial charge in [0.25, 0.3) is 5.69 Å². The molecule has 27 heavy (non-hydrogen) atoms. The van der Waals surface area contributed by atoms with E-state index in [1.54, 1.807) is 12.1 Å². The minimum absolute atomic E-state index is 0.0351. The molecule has 0 radical (unpaired) electrons. The predicted molar refractivity (Wildman–Crippen MR) is 98.4 cm³/mol. The van der Waals surface area contributed by atoms with Gasteiger partial charge in [0.15, 0.2) is 0 Å². The van der Waals surface area contributed by atoms with Gasteiger partial charge in [0, 0.05) is 23.8 Å². The number of rotatable bonds is 6. The van der Waals surface area contributed by atoms with Crippen molar-refractivity contribution in [1.82, 2.24) is 15.5 Å². The summed E-state index contributed by atoms with van der Waals surface area (Å²) in [6, 6.07) is 13.7. The topological polar surface area (TPSA) is 111 Å². The maximum Gasteiger partial charge on any atom is 0.270 e. The lowest BCUT2D eigenvalue weighted by Crippen LogP contribution is -2.20. The Morgan fingerprint density at radius 2 is 2.07 bits per heavy atom. The largest absolute Gasteiger partial charge is 0.343 e. The Balaban J connectivity index is 1.58. The molecule has 3 aromatic rings. The minimum Gasteiger partial charge on any atom is -0.343 e. The van der Waals surface area contributed by atoms with Gasteiger partial charge in [0.05, 0.1) is 11.5 Å². The standard InChI is InChI=1S/C19H16N4O4/c1-13-4-2-6-15(10-13)19-21-18(27-22-19)12-20-17(24)9-8-14-5-3-7-16(11-14)23(25)26/h2-11H,12H2,1H3,(H,20,24)/b9-8+. The van der Waals surface area contributed by atoms with Gasteiger partial charge >= 0.3 is 0 Å². The van der Waals surface area contributed by atoms with E-state index in [4.69, 9.17) is 4.52 Å². The number of amides is 1. The molecule has 3 rings (SSSR count). The molecule has 0 aliphatic heterocycles. The van der Waals surface area contributed by atoms with E-state index in [0.717, 1.165) is 11.1 Å². The smallest absolute Gasteiger partial charge is 0.270 e. The molecule has 8 nitrogen and oxygen atoms in total. The van der Waals surface area contributed by atoms with E-state index in [-0.39, 0.29) is 24.0 Å². The van der Waals surface area contributed by atoms with Gasteiger partial charge in [-0.25, -0.2) is 0 Å². The lowest BCUT2D eigenvalue weighted by Gasteiger charge is -1.97. The van der Waals surface area contributed by atoms with Crippen molar-refractivity contribution in [3.05, 3.63) is 81.7 Å². The summed E-state index contributed by atoms with van der Waals surface area (Å²) in [7, 11) is 0. The van der Waals surface area contributed by atoms with E-state index in [0.29, 0.717) is 11.4 Å². The van der Waals surface area contributed by atoms with Gasteiger partial charge in [-0.05, 0) is 24.6 Å². The molecule has 0 saturated heterocycles. The molecule has 0 spiro atoms. The molecular weight excluding hydrogens is 348 g/mol. The number of hydrogen-bond donors (Lipinski definition) is 1. The molecule has 2 aromatic carbocycles. The van der Waals surface area contributed by atoms with Crippen LogP contribution in [0.1, 0.15) is 17.0 Å². The summed E-state index contributed by atoms with van der Waals surface area (Å²) in [6.45, 7) is 2.05. The van der Waals surface area contributed by atoms with Gasteiger partial charge in [-0.2, -0.15) is 4.98 Å². The van der Waals surface area contributed by atoms with Crippen LogP contribution in [0, 0.1) is 17.0 Å². The van der Waals surface area contributed by atoms with E-state index in [1.807, 2.05) is 31.2 Å². The number of nitro groups is 1. The molecule has 1 amide bonds. The van der Waals surface area contributed by atoms with Gasteiger partial charge in [-0.1, -0.05) is 41.1 Å². The van der Waals surface area contributed by atoms with E-state index >= 15 is 0 Å². The number of carbonyl (C=O) groups excluding carboxylic acids is 1. The van der Waals surface area contributed by atoms with Crippen LogP contribution in [0.4, 0.5) is 5.69 Å². The van der Waals surface area contributed by atoms with Crippen LogP contribution in [0.5, 0.6) is 0 Å². The Hall–Kier alpha value is -3.81. The second kappa shape index (κ2) is 8.05. The molecule has 0 aliphatic rings. The molecule has 8 heteroatoms. The van der Waals surface area contributed by atoms with E-state index < -0.39 is 4.92 Å². The van der Waals surface area contributed by atoms with Gasteiger partial charge in [0.1, 0.15) is 0 Å². The van der Waals surface area contributed by atoms with E-state index in [2.05, 4.69) is 15.5 Å². The Morgan fingerprint density at radius 3 is 2.85 bits per heavy atom. The quantitative estimate of drug-likeness (QED) is 0.408. The van der Waals surface area contributed by atoms with Crippen LogP contribution in [0.2, 0.25) is 0 Å². The fourth-order valence-electron chi connectivity index (χ4n) is 2.36. The number of aryl methyl sites for hydroxylation is 1. The molecule has 0 aliphatic carbocycles. The predicted octanol–water partition coefficient (Wildman–Crippen LogP) is 3.28. The van der Waals surface area contributed by atoms with Crippen LogP contribution >= 0.6 is 0 Å². The van der Waals surface area contributed by atoms with Crippen LogP contribution in [-0.2, 0) is 11.3 Å². The first-order valence-corrected chi connectivity index (χ1v) is 8.11. The van der Waals surface area contributed by atoms with Crippen molar-refractivity contribution < 1.29 is 14.2 Å². The van der Waals surface area contributed by atoms with Gasteiger partial charge in [-0.15, -0.1) is 0 Å². The highest BCUT2D eigenvalue weighted by Crippen LogP contribution is 2.17. The van der Waals surface area contributed by atoms with Crippen LogP contribution in [0.3, 0.4) is 0 Å². The van der Waals surface area contributed by atoms with E-state index in [1.165, 1.54) is 24.3 Å². The summed E-state index contributed by atoms with van der Waals surface area (Å²) in [6.07, 6.45) is 2.78. The number of hydrogen-bond acceptors (Lipinski definition) is 6. The average molecular weight is 364 g/mol. The summed E-state index contributed by atoms with van der Waals surface area (Å²) in [4.78, 5) is 26.4. The average Bonchev–Trinajstić information content (AvgIpc) is 3.14. The zero-order valence-electron chi connectivity index (χ0n) is 14.5. The third kappa shape index (κ3) is 4.85. The number of nitro benzene ring substituents is 1. The third-order valence-corrected chi connectivity index (χ3v) is 3.67. The molecular formula is C19H16N4O4. The summed E-state index contributed by atoms with van der Waals surface area (Å²) in [5.41, 5.74) is 2.44. The number of benzene rings is 2. The number of nitrogens with one attached hydrogen (secondary N) is 1. The first-order chi connectivity index (χ1) is 13.0. The lowest BCUT2D eigenvalue weighted by atomic mass is 10.1. The molecule has 0 fully saturated rings. The minimum atomic E-state index is -0.487. The van der Waals surface area contributed by atoms with Crippen molar-refractivity contribution >= 4 is 17.7 Å². The van der Waals surface area contributed by atoms with Crippen LogP contribution in [0.25, 0.3) is 17.5 Å². The summed E-state index contributed by atoms with van der Waals surface area (Å²) in [5.74, 6) is 0.357. The molecule has 1 heterocycles. The first-order valence-electron chi connectivity index (χ1n) is 8.11. The van der Waals surface area contributed by atoms with Gasteiger partial charge in [-0.3, -0.25) is 14.9 Å². The normalized spacial score (nSPS) is 10.9. The highest BCUT2D eigenvalue weighted by molar-refractivity contribution is 5.91. The van der Waals surface area contributed by atoms with Crippen LogP contribution in [-0.4, -0.2) is 21.0 Å². The molecule has 0 unspecified atom stereocenters. The number of carbonyl (C=O) groups is 1. The number of nitrogens with zero attached hydrogens (tertiary/aromatic N) is 3. The maximum absolute atomic E-state index is 11.9. The molecule has 1 N–H and O–H groups in total. The van der Waals surface area contributed by atoms with E-state index in [9.17, 15) is 14.9 Å². The maximum atomic E-state index is 11.9. The Labute approximate surface area is 154 Å². The number of aromatic nitrogens is 2. The van der Waals surface area contributed by atoms with Crippen molar-refractivity contribution in [1.29, 1.82) is 0 Å². The van der Waals surface area contributed by atoms with Crippen molar-refractivity contribution in [2.75, 3.05) is 0 Å². The highest BCUT2D eigenvalue weighted by Gasteiger charge is 2.09. The summed E-state index contributed by atoms with van der Waals surface area (Å²) < 4.78 is 5.14. The molecule has 0 saturated carbocycles. The SMILES string of the molecule is Cc1cccc(-c2noc(CNC(=O)/C=C/c3cccc([N+](=O)[O-])c3)n2)c1. The Kier molecular flexibility index (Phi) is 5.36. The fourth-order valence-corrected chi connectivity index (χ4v) is 2.36. The molecule has 136 valence electrons. The van der Waals surface area contributed by atoms with Gasteiger partial charge < -0.3 is 9.84 Å². The van der Waals surface area contributed by atoms with Crippen molar-refractivity contribution in [2.45, 2.75) is 13.5 Å². The molecule has 0 atom stereocenters. The second-order valence-corrected chi connectivity index (χ2v) is 5.78. The molecule has 1 aromatic heterocycles. The Bertz CT molecular complexity index is 1010. The summed E-state index contributed by atoms with van der Waals surface area (Å²) >= 11 is 0. The molecule has 0 bridgehead atoms. The zero-order valence-corrected chi connectivity index (χ0v) is 14.5. The monoisotopic (exact) mass is 364 g/mol. The number of non-ortho nitro benzene ring substituents is 1. The van der Waals surface area contributed by atoms with Crippen molar-refractivity contribution in [2.24, 2.45) is 0 Å². The third-order valence-electron chi connectivity index (χ3n) is 3.67. The zero-order chi connectivity index (χ0) is 19.2. The second-order valence-electron chi connectivity index (χ2n) is 5.78. The Morgan fingerprint density at radius 1 is 1.26 bits per heavy atom. The van der Waals surface area contributed by atoms with Gasteiger partial charge in [0.2, 0.25) is 17.6 Å². The first kappa shape index (κ1) is 18.0. The summed E-state index contributed by atoms with van der Waals surface area (Å²) in [5, 5.41) is 17.3. The fraction of sp³-hybridized carbons (Fsp3) is 0.105. The van der Waals surface area contributed by atoms with Crippen molar-refractivity contribution in [3.63, 3.8) is 0 Å². The van der Waals surface area contributed by atoms with Crippen LogP contribution in [0.15, 0.2) is 59.1 Å².